The second-order valence-electron chi connectivity index (χ2n) is 7.47. The molecule has 0 aliphatic carbocycles. The van der Waals surface area contributed by atoms with Crippen LogP contribution in [0.2, 0.25) is 0 Å². The zero-order valence-corrected chi connectivity index (χ0v) is 21.2. The molecule has 1 aliphatic heterocycles. The number of guanidine groups is 1. The zero-order valence-electron chi connectivity index (χ0n) is 18.9. The van der Waals surface area contributed by atoms with Crippen LogP contribution >= 0.6 is 24.0 Å². The molecule has 0 spiro atoms. The summed E-state index contributed by atoms with van der Waals surface area (Å²) >= 11 is 0. The fourth-order valence-electron chi connectivity index (χ4n) is 3.42. The van der Waals surface area contributed by atoms with Gasteiger partial charge in [0, 0.05) is 45.0 Å². The van der Waals surface area contributed by atoms with Gasteiger partial charge in [-0.3, -0.25) is 14.3 Å². The van der Waals surface area contributed by atoms with Crippen molar-refractivity contribution in [2.24, 2.45) is 12.0 Å². The summed E-state index contributed by atoms with van der Waals surface area (Å²) in [6.45, 7) is 7.30. The normalized spacial score (nSPS) is 14.2. The minimum atomic E-state index is -0.0725. The van der Waals surface area contributed by atoms with Gasteiger partial charge in [-0.1, -0.05) is 19.1 Å². The van der Waals surface area contributed by atoms with Crippen LogP contribution in [0.5, 0.6) is 0 Å². The third kappa shape index (κ3) is 6.68. The molecule has 1 saturated heterocycles. The Bertz CT molecular complexity index is 944. The Balaban J connectivity index is 0.00000363. The summed E-state index contributed by atoms with van der Waals surface area (Å²) in [5.41, 5.74) is 2.39. The molecular formula is C22H32IN7O2. The number of carbonyl (C=O) groups excluding carboxylic acids is 2. The Kier molecular flexibility index (Phi) is 9.95. The Labute approximate surface area is 206 Å². The number of piperazine rings is 1. The number of hydrogen-bond donors (Lipinski definition) is 2. The minimum Gasteiger partial charge on any atom is -0.356 e. The number of anilines is 1. The van der Waals surface area contributed by atoms with Crippen LogP contribution in [0.4, 0.5) is 5.69 Å². The lowest BCUT2D eigenvalue weighted by atomic mass is 10.1. The largest absolute Gasteiger partial charge is 0.356 e. The SMILES string of the molecule is CCCNC(=O)c1cccc(CN=C(NCC)N2CCN(c3cnn(C)c3)C(=O)C2)c1.I. The van der Waals surface area contributed by atoms with Crippen LogP contribution in [-0.2, 0) is 18.4 Å². The van der Waals surface area contributed by atoms with E-state index in [4.69, 9.17) is 4.99 Å². The Hall–Kier alpha value is -2.63. The van der Waals surface area contributed by atoms with E-state index in [0.29, 0.717) is 44.2 Å². The average molecular weight is 553 g/mol. The van der Waals surface area contributed by atoms with Gasteiger partial charge in [0.25, 0.3) is 5.91 Å². The first kappa shape index (κ1) is 25.6. The summed E-state index contributed by atoms with van der Waals surface area (Å²) in [5.74, 6) is 0.638. The van der Waals surface area contributed by atoms with Gasteiger partial charge in [-0.2, -0.15) is 5.10 Å². The summed E-state index contributed by atoms with van der Waals surface area (Å²) < 4.78 is 1.69. The van der Waals surface area contributed by atoms with Gasteiger partial charge in [0.05, 0.1) is 18.4 Å². The van der Waals surface area contributed by atoms with E-state index in [1.54, 1.807) is 21.8 Å². The van der Waals surface area contributed by atoms with Crippen LogP contribution in [0.25, 0.3) is 0 Å². The molecule has 9 nitrogen and oxygen atoms in total. The smallest absolute Gasteiger partial charge is 0.251 e. The molecule has 1 aromatic carbocycles. The molecule has 10 heteroatoms. The molecule has 1 fully saturated rings. The number of aliphatic imine (C=N–C) groups is 1. The lowest BCUT2D eigenvalue weighted by Crippen LogP contribution is -2.55. The van der Waals surface area contributed by atoms with Crippen molar-refractivity contribution >= 4 is 47.4 Å². The van der Waals surface area contributed by atoms with Gasteiger partial charge < -0.3 is 20.4 Å². The number of hydrogen-bond acceptors (Lipinski definition) is 4. The van der Waals surface area contributed by atoms with Gasteiger partial charge in [0.15, 0.2) is 5.96 Å². The number of halogens is 1. The molecule has 1 aromatic heterocycles. The average Bonchev–Trinajstić information content (AvgIpc) is 3.21. The molecule has 0 atom stereocenters. The monoisotopic (exact) mass is 553 g/mol. The Morgan fingerprint density at radius 1 is 1.22 bits per heavy atom. The number of aryl methyl sites for hydroxylation is 1. The quantitative estimate of drug-likeness (QED) is 0.311. The molecule has 174 valence electrons. The number of nitrogens with zero attached hydrogens (tertiary/aromatic N) is 5. The standard InChI is InChI=1S/C22H31N7O2.HI/c1-4-9-24-21(31)18-8-6-7-17(12-18)13-25-22(23-5-2)28-10-11-29(20(30)16-28)19-14-26-27(3)15-19;/h6-8,12,14-15H,4-5,9-11,13,16H2,1-3H3,(H,23,25)(H,24,31);1H. The maximum absolute atomic E-state index is 12.7. The van der Waals surface area contributed by atoms with Crippen molar-refractivity contribution in [3.05, 3.63) is 47.8 Å². The molecule has 3 rings (SSSR count). The molecular weight excluding hydrogens is 521 g/mol. The highest BCUT2D eigenvalue weighted by Crippen LogP contribution is 2.16. The second kappa shape index (κ2) is 12.4. The van der Waals surface area contributed by atoms with Crippen LogP contribution in [0.15, 0.2) is 41.7 Å². The number of carbonyl (C=O) groups is 2. The second-order valence-corrected chi connectivity index (χ2v) is 7.47. The maximum atomic E-state index is 12.7. The maximum Gasteiger partial charge on any atom is 0.251 e. The number of amides is 2. The van der Waals surface area contributed by atoms with Crippen LogP contribution in [0.1, 0.15) is 36.2 Å². The summed E-state index contributed by atoms with van der Waals surface area (Å²) in [4.78, 5) is 33.4. The van der Waals surface area contributed by atoms with Gasteiger partial charge in [0.1, 0.15) is 6.54 Å². The molecule has 2 heterocycles. The molecule has 32 heavy (non-hydrogen) atoms. The van der Waals surface area contributed by atoms with Gasteiger partial charge in [-0.05, 0) is 31.0 Å². The van der Waals surface area contributed by atoms with E-state index >= 15 is 0 Å². The first-order valence-electron chi connectivity index (χ1n) is 10.7. The molecule has 2 N–H and O–H groups in total. The topological polar surface area (TPSA) is 94.9 Å². The zero-order chi connectivity index (χ0) is 22.2. The van der Waals surface area contributed by atoms with Crippen LogP contribution in [0.3, 0.4) is 0 Å². The number of nitrogens with one attached hydrogen (secondary N) is 2. The number of aromatic nitrogens is 2. The summed E-state index contributed by atoms with van der Waals surface area (Å²) in [6, 6.07) is 7.49. The molecule has 1 aliphatic rings. The molecule has 2 aromatic rings. The molecule has 0 unspecified atom stereocenters. The predicted molar refractivity (Wildman–Crippen MR) is 136 cm³/mol. The third-order valence-corrected chi connectivity index (χ3v) is 4.99. The summed E-state index contributed by atoms with van der Waals surface area (Å²) in [5, 5.41) is 10.3. The lowest BCUT2D eigenvalue weighted by molar-refractivity contribution is -0.120. The highest BCUT2D eigenvalue weighted by atomic mass is 127. The van der Waals surface area contributed by atoms with E-state index < -0.39 is 0 Å². The first-order chi connectivity index (χ1) is 15.0. The van der Waals surface area contributed by atoms with E-state index in [-0.39, 0.29) is 42.3 Å². The number of rotatable bonds is 7. The van der Waals surface area contributed by atoms with Crippen molar-refractivity contribution < 1.29 is 9.59 Å². The van der Waals surface area contributed by atoms with Crippen molar-refractivity contribution in [1.82, 2.24) is 25.3 Å². The summed E-state index contributed by atoms with van der Waals surface area (Å²) in [6.07, 6.45) is 4.45. The molecule has 0 radical (unpaired) electrons. The molecule has 0 saturated carbocycles. The van der Waals surface area contributed by atoms with E-state index in [1.165, 1.54) is 0 Å². The van der Waals surface area contributed by atoms with Crippen LogP contribution in [0, 0.1) is 0 Å². The van der Waals surface area contributed by atoms with E-state index in [1.807, 2.05) is 50.2 Å². The lowest BCUT2D eigenvalue weighted by Gasteiger charge is -2.35. The Morgan fingerprint density at radius 2 is 2.03 bits per heavy atom. The van der Waals surface area contributed by atoms with E-state index in [9.17, 15) is 9.59 Å². The minimum absolute atomic E-state index is 0. The molecule has 0 bridgehead atoms. The van der Waals surface area contributed by atoms with Crippen molar-refractivity contribution in [1.29, 1.82) is 0 Å². The Morgan fingerprint density at radius 3 is 2.69 bits per heavy atom. The molecule has 2 amide bonds. The fraction of sp³-hybridized carbons (Fsp3) is 0.455. The summed E-state index contributed by atoms with van der Waals surface area (Å²) in [7, 11) is 1.84. The van der Waals surface area contributed by atoms with E-state index in [0.717, 1.165) is 17.7 Å². The van der Waals surface area contributed by atoms with Gasteiger partial charge in [0.2, 0.25) is 5.91 Å². The van der Waals surface area contributed by atoms with Crippen LogP contribution < -0.4 is 15.5 Å². The van der Waals surface area contributed by atoms with Gasteiger partial charge in [-0.25, -0.2) is 4.99 Å². The predicted octanol–water partition coefficient (Wildman–Crippen LogP) is 1.99. The van der Waals surface area contributed by atoms with Crippen molar-refractivity contribution in [3.8, 4) is 0 Å². The van der Waals surface area contributed by atoms with Gasteiger partial charge in [-0.15, -0.1) is 24.0 Å². The fourth-order valence-corrected chi connectivity index (χ4v) is 3.42. The van der Waals surface area contributed by atoms with Crippen LogP contribution in [-0.4, -0.2) is 65.2 Å². The highest BCUT2D eigenvalue weighted by molar-refractivity contribution is 14.0. The van der Waals surface area contributed by atoms with Crippen molar-refractivity contribution in [3.63, 3.8) is 0 Å². The van der Waals surface area contributed by atoms with Crippen molar-refractivity contribution in [2.45, 2.75) is 26.8 Å². The highest BCUT2D eigenvalue weighted by Gasteiger charge is 2.27. The number of benzene rings is 1. The first-order valence-corrected chi connectivity index (χ1v) is 10.7. The third-order valence-electron chi connectivity index (χ3n) is 4.99. The van der Waals surface area contributed by atoms with E-state index in [2.05, 4.69) is 15.7 Å². The van der Waals surface area contributed by atoms with Gasteiger partial charge >= 0.3 is 0 Å². The van der Waals surface area contributed by atoms with Crippen molar-refractivity contribution in [2.75, 3.05) is 37.6 Å².